The zero-order valence-corrected chi connectivity index (χ0v) is 16.7. The Labute approximate surface area is 161 Å². The normalized spacial score (nSPS) is 14.8. The molecule has 142 valence electrons. The number of hydrogen-bond donors (Lipinski definition) is 1. The quantitative estimate of drug-likeness (QED) is 0.771. The van der Waals surface area contributed by atoms with E-state index in [1.807, 2.05) is 18.9 Å². The molecule has 1 aromatic carbocycles. The van der Waals surface area contributed by atoms with Crippen molar-refractivity contribution in [2.24, 2.45) is 5.92 Å². The minimum atomic E-state index is 0. The molecule has 1 N–H and O–H groups in total. The van der Waals surface area contributed by atoms with Gasteiger partial charge in [0.05, 0.1) is 18.7 Å². The highest BCUT2D eigenvalue weighted by atomic mass is 35.5. The fourth-order valence-corrected chi connectivity index (χ4v) is 3.35. The third-order valence-corrected chi connectivity index (χ3v) is 4.75. The molecule has 25 heavy (non-hydrogen) atoms. The number of benzene rings is 1. The summed E-state index contributed by atoms with van der Waals surface area (Å²) in [5, 5.41) is 3.59. The number of nitrogens with zero attached hydrogens (tertiary/aromatic N) is 1. The van der Waals surface area contributed by atoms with Crippen LogP contribution in [-0.4, -0.2) is 51.2 Å². The van der Waals surface area contributed by atoms with Crippen molar-refractivity contribution in [2.75, 3.05) is 40.4 Å². The number of carbonyl (C=O) groups excluding carboxylic acids is 1. The van der Waals surface area contributed by atoms with Crippen molar-refractivity contribution in [2.45, 2.75) is 26.2 Å². The molecule has 1 amide bonds. The van der Waals surface area contributed by atoms with E-state index < -0.39 is 0 Å². The van der Waals surface area contributed by atoms with E-state index >= 15 is 0 Å². The van der Waals surface area contributed by atoms with E-state index in [4.69, 9.17) is 21.1 Å². The molecule has 7 heteroatoms. The number of hydrogen-bond acceptors (Lipinski definition) is 4. The van der Waals surface area contributed by atoms with Crippen LogP contribution in [0.15, 0.2) is 12.1 Å². The third kappa shape index (κ3) is 5.66. The highest BCUT2D eigenvalue weighted by molar-refractivity contribution is 6.32. The molecule has 0 aromatic heterocycles. The van der Waals surface area contributed by atoms with Gasteiger partial charge in [0.25, 0.3) is 5.91 Å². The molecule has 5 nitrogen and oxygen atoms in total. The van der Waals surface area contributed by atoms with Gasteiger partial charge < -0.3 is 19.7 Å². The average Bonchev–Trinajstić information content (AvgIpc) is 2.61. The lowest BCUT2D eigenvalue weighted by Crippen LogP contribution is -2.39. The van der Waals surface area contributed by atoms with Crippen LogP contribution >= 0.6 is 24.0 Å². The average molecular weight is 391 g/mol. The number of piperidine rings is 1. The van der Waals surface area contributed by atoms with Crippen molar-refractivity contribution in [3.8, 4) is 11.5 Å². The highest BCUT2D eigenvalue weighted by Crippen LogP contribution is 2.37. The first-order valence-corrected chi connectivity index (χ1v) is 8.92. The summed E-state index contributed by atoms with van der Waals surface area (Å²) in [6.45, 7) is 4.99. The van der Waals surface area contributed by atoms with Crippen LogP contribution in [-0.2, 0) is 0 Å². The SMILES string of the molecule is CCOc1c(Cl)cc(C(=O)N2CCC(CCNC)CC2)cc1OC.Cl. The fraction of sp³-hybridized carbons (Fsp3) is 0.611. The van der Waals surface area contributed by atoms with Crippen molar-refractivity contribution in [1.82, 2.24) is 10.2 Å². The summed E-state index contributed by atoms with van der Waals surface area (Å²) < 4.78 is 10.8. The molecule has 0 spiro atoms. The fourth-order valence-electron chi connectivity index (χ4n) is 3.08. The number of halogens is 2. The molecule has 1 heterocycles. The maximum atomic E-state index is 12.8. The van der Waals surface area contributed by atoms with Gasteiger partial charge in [0.1, 0.15) is 0 Å². The van der Waals surface area contributed by atoms with Gasteiger partial charge in [-0.15, -0.1) is 12.4 Å². The Hall–Kier alpha value is -1.17. The van der Waals surface area contributed by atoms with Gasteiger partial charge >= 0.3 is 0 Å². The maximum absolute atomic E-state index is 12.8. The maximum Gasteiger partial charge on any atom is 0.254 e. The van der Waals surface area contributed by atoms with Gasteiger partial charge in [-0.05, 0) is 57.8 Å². The van der Waals surface area contributed by atoms with E-state index in [0.29, 0.717) is 34.6 Å². The molecule has 2 rings (SSSR count). The van der Waals surface area contributed by atoms with Crippen molar-refractivity contribution in [1.29, 1.82) is 0 Å². The smallest absolute Gasteiger partial charge is 0.254 e. The molecule has 0 radical (unpaired) electrons. The van der Waals surface area contributed by atoms with Crippen molar-refractivity contribution < 1.29 is 14.3 Å². The molecule has 0 saturated carbocycles. The Morgan fingerprint density at radius 2 is 2.04 bits per heavy atom. The van der Waals surface area contributed by atoms with Gasteiger partial charge in [-0.3, -0.25) is 4.79 Å². The summed E-state index contributed by atoms with van der Waals surface area (Å²) in [7, 11) is 3.53. The molecule has 0 unspecified atom stereocenters. The molecule has 0 atom stereocenters. The Bertz CT molecular complexity index is 561. The van der Waals surface area contributed by atoms with Crippen LogP contribution in [0.2, 0.25) is 5.02 Å². The van der Waals surface area contributed by atoms with Crippen molar-refractivity contribution in [3.63, 3.8) is 0 Å². The van der Waals surface area contributed by atoms with Gasteiger partial charge in [0.15, 0.2) is 11.5 Å². The first-order valence-electron chi connectivity index (χ1n) is 8.54. The minimum absolute atomic E-state index is 0. The van der Waals surface area contributed by atoms with Gasteiger partial charge in [0.2, 0.25) is 0 Å². The molecule has 1 fully saturated rings. The van der Waals surface area contributed by atoms with Crippen LogP contribution in [0, 0.1) is 5.92 Å². The molecule has 1 saturated heterocycles. The van der Waals surface area contributed by atoms with Crippen LogP contribution in [0.25, 0.3) is 0 Å². The number of ether oxygens (including phenoxy) is 2. The van der Waals surface area contributed by atoms with E-state index in [-0.39, 0.29) is 18.3 Å². The monoisotopic (exact) mass is 390 g/mol. The molecular weight excluding hydrogens is 363 g/mol. The van der Waals surface area contributed by atoms with E-state index in [9.17, 15) is 4.79 Å². The number of carbonyl (C=O) groups is 1. The summed E-state index contributed by atoms with van der Waals surface area (Å²) in [5.74, 6) is 1.69. The first-order chi connectivity index (χ1) is 11.6. The van der Waals surface area contributed by atoms with E-state index in [1.54, 1.807) is 19.2 Å². The lowest BCUT2D eigenvalue weighted by Gasteiger charge is -2.32. The third-order valence-electron chi connectivity index (χ3n) is 4.47. The van der Waals surface area contributed by atoms with E-state index in [2.05, 4.69) is 5.32 Å². The Morgan fingerprint density at radius 3 is 2.60 bits per heavy atom. The summed E-state index contributed by atoms with van der Waals surface area (Å²) in [5.41, 5.74) is 0.550. The predicted octanol–water partition coefficient (Wildman–Crippen LogP) is 3.63. The summed E-state index contributed by atoms with van der Waals surface area (Å²) in [6, 6.07) is 3.39. The van der Waals surface area contributed by atoms with Crippen LogP contribution in [0.5, 0.6) is 11.5 Å². The van der Waals surface area contributed by atoms with Gasteiger partial charge in [-0.25, -0.2) is 0 Å². The number of rotatable bonds is 7. The Morgan fingerprint density at radius 1 is 1.36 bits per heavy atom. The lowest BCUT2D eigenvalue weighted by atomic mass is 9.93. The zero-order valence-electron chi connectivity index (χ0n) is 15.1. The molecule has 1 aliphatic rings. The first kappa shape index (κ1) is 21.9. The largest absolute Gasteiger partial charge is 0.493 e. The second-order valence-electron chi connectivity index (χ2n) is 6.05. The molecular formula is C18H28Cl2N2O3. The van der Waals surface area contributed by atoms with Gasteiger partial charge in [-0.2, -0.15) is 0 Å². The molecule has 1 aromatic rings. The Kier molecular flexibility index (Phi) is 9.39. The number of nitrogens with one attached hydrogen (secondary N) is 1. The number of amides is 1. The molecule has 1 aliphatic heterocycles. The summed E-state index contributed by atoms with van der Waals surface area (Å²) >= 11 is 6.27. The van der Waals surface area contributed by atoms with E-state index in [1.165, 1.54) is 6.42 Å². The van der Waals surface area contributed by atoms with Crippen LogP contribution in [0.1, 0.15) is 36.5 Å². The summed E-state index contributed by atoms with van der Waals surface area (Å²) in [6.07, 6.45) is 3.27. The highest BCUT2D eigenvalue weighted by Gasteiger charge is 2.25. The number of methoxy groups -OCH3 is 1. The van der Waals surface area contributed by atoms with Crippen LogP contribution in [0.3, 0.4) is 0 Å². The topological polar surface area (TPSA) is 50.8 Å². The molecule has 0 aliphatic carbocycles. The van der Waals surface area contributed by atoms with Gasteiger partial charge in [-0.1, -0.05) is 11.6 Å². The standard InChI is InChI=1S/C18H27ClN2O3.ClH/c1-4-24-17-15(19)11-14(12-16(17)23-3)18(22)21-9-6-13(7-10-21)5-8-20-2;/h11-13,20H,4-10H2,1-3H3;1H. The minimum Gasteiger partial charge on any atom is -0.493 e. The second kappa shape index (κ2) is 10.7. The predicted molar refractivity (Wildman–Crippen MR) is 104 cm³/mol. The van der Waals surface area contributed by atoms with Crippen molar-refractivity contribution >= 4 is 29.9 Å². The van der Waals surface area contributed by atoms with Crippen LogP contribution < -0.4 is 14.8 Å². The molecule has 0 bridgehead atoms. The van der Waals surface area contributed by atoms with Gasteiger partial charge in [0, 0.05) is 18.7 Å². The van der Waals surface area contributed by atoms with Crippen LogP contribution in [0.4, 0.5) is 0 Å². The number of likely N-dealkylation sites (tertiary alicyclic amines) is 1. The van der Waals surface area contributed by atoms with E-state index in [0.717, 1.165) is 32.5 Å². The zero-order chi connectivity index (χ0) is 17.5. The van der Waals surface area contributed by atoms with Crippen molar-refractivity contribution in [3.05, 3.63) is 22.7 Å². The summed E-state index contributed by atoms with van der Waals surface area (Å²) in [4.78, 5) is 14.7. The second-order valence-corrected chi connectivity index (χ2v) is 6.46. The Balaban J connectivity index is 0.00000312. The lowest BCUT2D eigenvalue weighted by molar-refractivity contribution is 0.0686.